The maximum Gasteiger partial charge on any atom is 0.313 e. The number of aromatic nitrogens is 2. The van der Waals surface area contributed by atoms with Crippen molar-refractivity contribution in [2.45, 2.75) is 45.6 Å². The summed E-state index contributed by atoms with van der Waals surface area (Å²) in [6.45, 7) is 4.91. The van der Waals surface area contributed by atoms with Gasteiger partial charge >= 0.3 is 11.8 Å². The van der Waals surface area contributed by atoms with E-state index >= 15 is 0 Å². The lowest BCUT2D eigenvalue weighted by Crippen LogP contribution is -2.40. The van der Waals surface area contributed by atoms with Crippen molar-refractivity contribution in [1.82, 2.24) is 15.1 Å². The molecule has 2 aliphatic heterocycles. The number of hydrogen-bond donors (Lipinski definition) is 2. The molecule has 2 aliphatic rings. The van der Waals surface area contributed by atoms with Gasteiger partial charge in [-0.15, -0.1) is 11.3 Å². The Morgan fingerprint density at radius 3 is 2.62 bits per heavy atom. The average Bonchev–Trinajstić information content (AvgIpc) is 3.46. The summed E-state index contributed by atoms with van der Waals surface area (Å²) >= 11 is 1.59. The molecule has 4 heterocycles. The summed E-state index contributed by atoms with van der Waals surface area (Å²) in [6.07, 6.45) is 2.87. The fourth-order valence-corrected chi connectivity index (χ4v) is 5.74. The van der Waals surface area contributed by atoms with E-state index in [-0.39, 0.29) is 18.5 Å². The first-order valence-electron chi connectivity index (χ1n) is 11.5. The van der Waals surface area contributed by atoms with Gasteiger partial charge in [0.25, 0.3) is 0 Å². The van der Waals surface area contributed by atoms with Gasteiger partial charge in [-0.05, 0) is 73.9 Å². The molecule has 3 aromatic rings. The number of aryl methyl sites for hydroxylation is 4. The van der Waals surface area contributed by atoms with E-state index in [1.165, 1.54) is 0 Å². The third kappa shape index (κ3) is 4.23. The fraction of sp³-hybridized carbons (Fsp3) is 0.360. The highest BCUT2D eigenvalue weighted by Gasteiger charge is 2.30. The van der Waals surface area contributed by atoms with Crippen molar-refractivity contribution in [3.63, 3.8) is 0 Å². The van der Waals surface area contributed by atoms with Crippen LogP contribution in [0, 0.1) is 13.8 Å². The van der Waals surface area contributed by atoms with Crippen molar-refractivity contribution < 1.29 is 14.4 Å². The van der Waals surface area contributed by atoms with Crippen LogP contribution >= 0.6 is 11.3 Å². The number of rotatable bonds is 5. The summed E-state index contributed by atoms with van der Waals surface area (Å²) in [7, 11) is 0. The third-order valence-electron chi connectivity index (χ3n) is 6.41. The molecule has 3 amide bonds. The number of thiophene rings is 1. The highest BCUT2D eigenvalue weighted by Crippen LogP contribution is 2.37. The predicted octanol–water partition coefficient (Wildman–Crippen LogP) is 3.13. The molecule has 2 aromatic heterocycles. The molecule has 0 saturated heterocycles. The zero-order chi connectivity index (χ0) is 23.8. The van der Waals surface area contributed by atoms with E-state index in [1.54, 1.807) is 11.3 Å². The number of carbonyl (C=O) groups excluding carboxylic acids is 3. The molecule has 176 valence electrons. The van der Waals surface area contributed by atoms with Gasteiger partial charge in [-0.25, -0.2) is 0 Å². The topological polar surface area (TPSA) is 96.3 Å². The first-order valence-corrected chi connectivity index (χ1v) is 12.4. The number of anilines is 2. The van der Waals surface area contributed by atoms with E-state index in [1.807, 2.05) is 59.1 Å². The lowest BCUT2D eigenvalue weighted by Gasteiger charge is -2.35. The van der Waals surface area contributed by atoms with Gasteiger partial charge in [-0.1, -0.05) is 6.07 Å². The minimum Gasteiger partial charge on any atom is -0.345 e. The lowest BCUT2D eigenvalue weighted by atomic mass is 9.91. The van der Waals surface area contributed by atoms with Gasteiger partial charge in [0.2, 0.25) is 5.91 Å². The lowest BCUT2D eigenvalue weighted by molar-refractivity contribution is -0.136. The molecule has 34 heavy (non-hydrogen) atoms. The van der Waals surface area contributed by atoms with Gasteiger partial charge in [0.15, 0.2) is 0 Å². The average molecular weight is 478 g/mol. The van der Waals surface area contributed by atoms with E-state index in [0.717, 1.165) is 52.5 Å². The van der Waals surface area contributed by atoms with Crippen LogP contribution in [0.5, 0.6) is 0 Å². The normalized spacial score (nSPS) is 15.6. The predicted molar refractivity (Wildman–Crippen MR) is 131 cm³/mol. The maximum absolute atomic E-state index is 12.7. The molecule has 1 atom stereocenters. The van der Waals surface area contributed by atoms with Crippen LogP contribution in [0.4, 0.5) is 11.4 Å². The molecule has 0 bridgehead atoms. The minimum absolute atomic E-state index is 0.160. The molecule has 9 heteroatoms. The number of amides is 3. The number of benzene rings is 1. The van der Waals surface area contributed by atoms with Crippen molar-refractivity contribution >= 4 is 40.4 Å². The molecular weight excluding hydrogens is 450 g/mol. The number of hydrogen-bond acceptors (Lipinski definition) is 5. The number of carbonyl (C=O) groups is 3. The van der Waals surface area contributed by atoms with Gasteiger partial charge in [0.05, 0.1) is 11.4 Å². The third-order valence-corrected chi connectivity index (χ3v) is 7.38. The molecule has 1 unspecified atom stereocenters. The highest BCUT2D eigenvalue weighted by atomic mass is 32.1. The molecule has 0 spiro atoms. The molecule has 0 saturated carbocycles. The Kier molecular flexibility index (Phi) is 5.95. The fourth-order valence-electron chi connectivity index (χ4n) is 4.93. The molecule has 8 nitrogen and oxygen atoms in total. The summed E-state index contributed by atoms with van der Waals surface area (Å²) in [5, 5.41) is 12.1. The summed E-state index contributed by atoms with van der Waals surface area (Å²) in [6, 6.07) is 9.54. The van der Waals surface area contributed by atoms with Crippen molar-refractivity contribution in [3.05, 3.63) is 63.1 Å². The van der Waals surface area contributed by atoms with Crippen LogP contribution in [-0.4, -0.2) is 40.6 Å². The van der Waals surface area contributed by atoms with Gasteiger partial charge in [0.1, 0.15) is 6.04 Å². The Morgan fingerprint density at radius 1 is 1.12 bits per heavy atom. The van der Waals surface area contributed by atoms with Crippen LogP contribution in [0.1, 0.15) is 46.3 Å². The van der Waals surface area contributed by atoms with Crippen LogP contribution in [0.15, 0.2) is 35.7 Å². The van der Waals surface area contributed by atoms with E-state index in [2.05, 4.69) is 15.7 Å². The van der Waals surface area contributed by atoms with Crippen LogP contribution in [0.3, 0.4) is 0 Å². The second-order valence-electron chi connectivity index (χ2n) is 8.86. The largest absolute Gasteiger partial charge is 0.345 e. The van der Waals surface area contributed by atoms with Gasteiger partial charge in [-0.2, -0.15) is 5.10 Å². The highest BCUT2D eigenvalue weighted by molar-refractivity contribution is 7.10. The first-order chi connectivity index (χ1) is 16.4. The molecule has 1 aromatic carbocycles. The van der Waals surface area contributed by atoms with E-state index < -0.39 is 11.8 Å². The SMILES string of the molecule is Cc1cc(C)n(C(CNC(=O)C(=O)Nc2cc3c4c(c2)CCC(=O)N4CCC3)c2cccs2)n1. The van der Waals surface area contributed by atoms with Gasteiger partial charge in [-0.3, -0.25) is 19.1 Å². The zero-order valence-corrected chi connectivity index (χ0v) is 20.1. The quantitative estimate of drug-likeness (QED) is 0.552. The molecule has 0 radical (unpaired) electrons. The Morgan fingerprint density at radius 2 is 1.91 bits per heavy atom. The van der Waals surface area contributed by atoms with Crippen molar-refractivity contribution in [3.8, 4) is 0 Å². The van der Waals surface area contributed by atoms with E-state index in [0.29, 0.717) is 18.5 Å². The molecule has 0 aliphatic carbocycles. The molecule has 0 fully saturated rings. The van der Waals surface area contributed by atoms with Crippen molar-refractivity contribution in [1.29, 1.82) is 0 Å². The summed E-state index contributed by atoms with van der Waals surface area (Å²) in [4.78, 5) is 40.6. The second kappa shape index (κ2) is 9.06. The second-order valence-corrected chi connectivity index (χ2v) is 9.84. The summed E-state index contributed by atoms with van der Waals surface area (Å²) in [5.41, 5.74) is 5.58. The summed E-state index contributed by atoms with van der Waals surface area (Å²) in [5.74, 6) is -1.23. The number of nitrogens with one attached hydrogen (secondary N) is 2. The first kappa shape index (κ1) is 22.3. The Bertz CT molecular complexity index is 1250. The minimum atomic E-state index is -0.704. The monoisotopic (exact) mass is 477 g/mol. The van der Waals surface area contributed by atoms with Gasteiger partial charge in [0, 0.05) is 35.8 Å². The smallest absolute Gasteiger partial charge is 0.313 e. The molecule has 5 rings (SSSR count). The van der Waals surface area contributed by atoms with E-state index in [4.69, 9.17) is 0 Å². The standard InChI is InChI=1S/C25H27N5O3S/c1-15-11-16(2)30(28-15)20(21-6-4-10-34-21)14-26-24(32)25(33)27-19-12-17-5-3-9-29-22(31)8-7-18(13-19)23(17)29/h4,6,10-13,20H,3,5,7-9,14H2,1-2H3,(H,26,32)(H,27,33). The number of nitrogens with zero attached hydrogens (tertiary/aromatic N) is 3. The molecule has 2 N–H and O–H groups in total. The Hall–Kier alpha value is -3.46. The summed E-state index contributed by atoms with van der Waals surface area (Å²) < 4.78 is 1.89. The van der Waals surface area contributed by atoms with E-state index in [9.17, 15) is 14.4 Å². The van der Waals surface area contributed by atoms with Gasteiger partial charge < -0.3 is 15.5 Å². The maximum atomic E-state index is 12.7. The van der Waals surface area contributed by atoms with Crippen molar-refractivity contribution in [2.75, 3.05) is 23.3 Å². The van der Waals surface area contributed by atoms with Crippen LogP contribution < -0.4 is 15.5 Å². The van der Waals surface area contributed by atoms with Crippen LogP contribution in [-0.2, 0) is 27.2 Å². The Balaban J connectivity index is 1.29. The van der Waals surface area contributed by atoms with Crippen LogP contribution in [0.25, 0.3) is 0 Å². The van der Waals surface area contributed by atoms with Crippen LogP contribution in [0.2, 0.25) is 0 Å². The molecular formula is C25H27N5O3S. The van der Waals surface area contributed by atoms with Crippen molar-refractivity contribution in [2.24, 2.45) is 0 Å². The Labute approximate surface area is 202 Å². The zero-order valence-electron chi connectivity index (χ0n) is 19.3.